The van der Waals surface area contributed by atoms with Gasteiger partial charge in [0.15, 0.2) is 0 Å². The molecular formula is C23H32F3N3O2. The SMILES string of the molecule is CCC[C@H]1C[C@H](N(C)C)CC[C@@H]1N1CC[C@H](NC(=O)c2cccc(C(F)(F)F)c2)C1=O. The van der Waals surface area contributed by atoms with Gasteiger partial charge >= 0.3 is 6.18 Å². The third-order valence-electron chi connectivity index (χ3n) is 6.70. The second-order valence-corrected chi connectivity index (χ2v) is 8.97. The highest BCUT2D eigenvalue weighted by Crippen LogP contribution is 2.35. The molecule has 1 aromatic rings. The Morgan fingerprint density at radius 3 is 2.61 bits per heavy atom. The van der Waals surface area contributed by atoms with Crippen molar-refractivity contribution in [1.29, 1.82) is 0 Å². The molecule has 172 valence electrons. The first-order valence-electron chi connectivity index (χ1n) is 11.1. The van der Waals surface area contributed by atoms with E-state index in [1.165, 1.54) is 12.1 Å². The Labute approximate surface area is 182 Å². The predicted molar refractivity (Wildman–Crippen MR) is 113 cm³/mol. The molecule has 2 aliphatic rings. The monoisotopic (exact) mass is 439 g/mol. The maximum Gasteiger partial charge on any atom is 0.416 e. The van der Waals surface area contributed by atoms with E-state index < -0.39 is 23.7 Å². The maximum atomic E-state index is 13.1. The Hall–Kier alpha value is -2.09. The molecule has 0 radical (unpaired) electrons. The zero-order valence-corrected chi connectivity index (χ0v) is 18.4. The Morgan fingerprint density at radius 2 is 1.97 bits per heavy atom. The molecule has 0 unspecified atom stereocenters. The van der Waals surface area contributed by atoms with Crippen LogP contribution in [-0.2, 0) is 11.0 Å². The van der Waals surface area contributed by atoms with Gasteiger partial charge in [-0.25, -0.2) is 0 Å². The molecule has 0 spiro atoms. The van der Waals surface area contributed by atoms with Crippen LogP contribution in [0.2, 0.25) is 0 Å². The molecule has 0 bridgehead atoms. The molecule has 1 saturated carbocycles. The summed E-state index contributed by atoms with van der Waals surface area (Å²) in [6, 6.07) is 4.29. The largest absolute Gasteiger partial charge is 0.416 e. The highest BCUT2D eigenvalue weighted by atomic mass is 19.4. The van der Waals surface area contributed by atoms with E-state index in [4.69, 9.17) is 0 Å². The van der Waals surface area contributed by atoms with Gasteiger partial charge in [-0.2, -0.15) is 13.2 Å². The average Bonchev–Trinajstić information content (AvgIpc) is 3.07. The van der Waals surface area contributed by atoms with E-state index in [9.17, 15) is 22.8 Å². The molecule has 1 heterocycles. The number of hydrogen-bond donors (Lipinski definition) is 1. The lowest BCUT2D eigenvalue weighted by Gasteiger charge is -2.43. The zero-order chi connectivity index (χ0) is 22.8. The van der Waals surface area contributed by atoms with Gasteiger partial charge in [0, 0.05) is 24.2 Å². The molecular weight excluding hydrogens is 407 g/mol. The molecule has 2 amide bonds. The van der Waals surface area contributed by atoms with Crippen LogP contribution < -0.4 is 5.32 Å². The molecule has 1 aliphatic carbocycles. The standard InChI is InChI=1S/C23H32F3N3O2/c1-4-6-15-14-18(28(2)3)9-10-20(15)29-12-11-19(22(29)31)27-21(30)16-7-5-8-17(13-16)23(24,25)26/h5,7-8,13,15,18-20H,4,6,9-12,14H2,1-3H3,(H,27,30)/t15-,18+,19-,20-/m0/s1. The van der Waals surface area contributed by atoms with E-state index >= 15 is 0 Å². The smallest absolute Gasteiger partial charge is 0.340 e. The van der Waals surface area contributed by atoms with Crippen LogP contribution in [0.25, 0.3) is 0 Å². The lowest BCUT2D eigenvalue weighted by Crippen LogP contribution is -2.50. The third-order valence-corrected chi connectivity index (χ3v) is 6.70. The van der Waals surface area contributed by atoms with Gasteiger partial charge in [-0.3, -0.25) is 9.59 Å². The van der Waals surface area contributed by atoms with Crippen molar-refractivity contribution in [3.63, 3.8) is 0 Å². The van der Waals surface area contributed by atoms with Crippen molar-refractivity contribution < 1.29 is 22.8 Å². The quantitative estimate of drug-likeness (QED) is 0.731. The topological polar surface area (TPSA) is 52.6 Å². The lowest BCUT2D eigenvalue weighted by molar-refractivity contribution is -0.137. The minimum atomic E-state index is -4.52. The van der Waals surface area contributed by atoms with Crippen LogP contribution >= 0.6 is 0 Å². The molecule has 0 aromatic heterocycles. The van der Waals surface area contributed by atoms with Crippen molar-refractivity contribution in [3.8, 4) is 0 Å². The molecule has 31 heavy (non-hydrogen) atoms. The van der Waals surface area contributed by atoms with Gasteiger partial charge in [-0.15, -0.1) is 0 Å². The van der Waals surface area contributed by atoms with E-state index in [0.717, 1.165) is 44.2 Å². The Morgan fingerprint density at radius 1 is 1.23 bits per heavy atom. The highest BCUT2D eigenvalue weighted by Gasteiger charge is 2.42. The Bertz CT molecular complexity index is 797. The van der Waals surface area contributed by atoms with Crippen LogP contribution in [0.3, 0.4) is 0 Å². The summed E-state index contributed by atoms with van der Waals surface area (Å²) >= 11 is 0. The number of alkyl halides is 3. The molecule has 5 nitrogen and oxygen atoms in total. The number of carbonyl (C=O) groups is 2. The van der Waals surface area contributed by atoms with Gasteiger partial charge in [-0.1, -0.05) is 19.4 Å². The van der Waals surface area contributed by atoms with Crippen molar-refractivity contribution in [1.82, 2.24) is 15.1 Å². The summed E-state index contributed by atoms with van der Waals surface area (Å²) < 4.78 is 38.8. The Kier molecular flexibility index (Phi) is 7.29. The van der Waals surface area contributed by atoms with Crippen LogP contribution in [0.5, 0.6) is 0 Å². The second kappa shape index (κ2) is 9.59. The summed E-state index contributed by atoms with van der Waals surface area (Å²) in [7, 11) is 4.18. The summed E-state index contributed by atoms with van der Waals surface area (Å²) in [5.74, 6) is -0.338. The molecule has 1 aliphatic heterocycles. The highest BCUT2D eigenvalue weighted by molar-refractivity contribution is 5.98. The van der Waals surface area contributed by atoms with Crippen molar-refractivity contribution in [2.45, 2.75) is 69.8 Å². The summed E-state index contributed by atoms with van der Waals surface area (Å²) in [5.41, 5.74) is -0.962. The number of halogens is 3. The van der Waals surface area contributed by atoms with Crippen LogP contribution in [0.4, 0.5) is 13.2 Å². The van der Waals surface area contributed by atoms with Crippen molar-refractivity contribution in [2.75, 3.05) is 20.6 Å². The van der Waals surface area contributed by atoms with E-state index in [1.807, 2.05) is 4.90 Å². The molecule has 1 aromatic carbocycles. The van der Waals surface area contributed by atoms with E-state index in [0.29, 0.717) is 24.9 Å². The zero-order valence-electron chi connectivity index (χ0n) is 18.4. The predicted octanol–water partition coefficient (Wildman–Crippen LogP) is 3.94. The minimum absolute atomic E-state index is 0.0866. The molecule has 2 fully saturated rings. The molecule has 3 rings (SSSR count). The molecule has 1 saturated heterocycles. The summed E-state index contributed by atoms with van der Waals surface area (Å²) in [5, 5.41) is 2.66. The number of rotatable bonds is 6. The maximum absolute atomic E-state index is 13.1. The van der Waals surface area contributed by atoms with Gasteiger partial charge in [0.25, 0.3) is 5.91 Å². The fourth-order valence-electron chi connectivity index (χ4n) is 5.03. The first-order valence-corrected chi connectivity index (χ1v) is 11.1. The molecule has 4 atom stereocenters. The van der Waals surface area contributed by atoms with Gasteiger partial charge < -0.3 is 15.1 Å². The molecule has 8 heteroatoms. The number of nitrogens with one attached hydrogen (secondary N) is 1. The molecule has 1 N–H and O–H groups in total. The minimum Gasteiger partial charge on any atom is -0.340 e. The van der Waals surface area contributed by atoms with E-state index in [-0.39, 0.29) is 17.5 Å². The summed E-state index contributed by atoms with van der Waals surface area (Å²) in [6.45, 7) is 2.73. The van der Waals surface area contributed by atoms with Gasteiger partial charge in [0.2, 0.25) is 5.91 Å². The number of nitrogens with zero attached hydrogens (tertiary/aromatic N) is 2. The number of hydrogen-bond acceptors (Lipinski definition) is 3. The number of carbonyl (C=O) groups excluding carboxylic acids is 2. The fourth-order valence-corrected chi connectivity index (χ4v) is 5.03. The van der Waals surface area contributed by atoms with Gasteiger partial charge in [0.1, 0.15) is 6.04 Å². The van der Waals surface area contributed by atoms with Crippen LogP contribution in [-0.4, -0.2) is 60.4 Å². The second-order valence-electron chi connectivity index (χ2n) is 8.97. The first-order chi connectivity index (χ1) is 14.6. The van der Waals surface area contributed by atoms with E-state index in [2.05, 4.69) is 31.2 Å². The Balaban J connectivity index is 1.66. The van der Waals surface area contributed by atoms with Crippen LogP contribution in [0.1, 0.15) is 61.4 Å². The van der Waals surface area contributed by atoms with Crippen molar-refractivity contribution >= 4 is 11.8 Å². The van der Waals surface area contributed by atoms with Gasteiger partial charge in [-0.05, 0) is 70.3 Å². The van der Waals surface area contributed by atoms with Crippen molar-refractivity contribution in [3.05, 3.63) is 35.4 Å². The van der Waals surface area contributed by atoms with E-state index in [1.54, 1.807) is 0 Å². The normalized spacial score (nSPS) is 27.1. The third kappa shape index (κ3) is 5.40. The first kappa shape index (κ1) is 23.6. The van der Waals surface area contributed by atoms with Crippen molar-refractivity contribution in [2.24, 2.45) is 5.92 Å². The van der Waals surface area contributed by atoms with Crippen LogP contribution in [0, 0.1) is 5.92 Å². The summed E-state index contributed by atoms with van der Waals surface area (Å²) in [6.07, 6.45) is 1.10. The fraction of sp³-hybridized carbons (Fsp3) is 0.652. The number of amides is 2. The number of benzene rings is 1. The van der Waals surface area contributed by atoms with Crippen LogP contribution in [0.15, 0.2) is 24.3 Å². The average molecular weight is 440 g/mol. The summed E-state index contributed by atoms with van der Waals surface area (Å²) in [4.78, 5) is 29.8. The number of likely N-dealkylation sites (tertiary alicyclic amines) is 1. The van der Waals surface area contributed by atoms with Gasteiger partial charge in [0.05, 0.1) is 5.56 Å². The lowest BCUT2D eigenvalue weighted by atomic mass is 9.78.